The molecule has 1 atom stereocenters. The molecule has 6 heteroatoms. The molecule has 1 aliphatic carbocycles. The summed E-state index contributed by atoms with van der Waals surface area (Å²) >= 11 is 0. The molecule has 116 valence electrons. The highest BCUT2D eigenvalue weighted by Crippen LogP contribution is 2.17. The van der Waals surface area contributed by atoms with Crippen LogP contribution in [0.25, 0.3) is 0 Å². The van der Waals surface area contributed by atoms with E-state index in [0.29, 0.717) is 0 Å². The van der Waals surface area contributed by atoms with Gasteiger partial charge < -0.3 is 9.73 Å². The minimum atomic E-state index is -0.403. The Hall–Kier alpha value is -1.82. The second-order valence-corrected chi connectivity index (χ2v) is 5.47. The molecular formula is C15H23N3O3. The standard InChI is InChI=1S/C15H23N3O3/c1-11(13-8-5-9-21-13)16-10-14(19)18-15(20)17-12-6-3-2-4-7-12/h5,8-9,11-12,16H,2-4,6-7,10H2,1H3,(H2,17,18,19,20)/t11-/m0/s1. The monoisotopic (exact) mass is 293 g/mol. The van der Waals surface area contributed by atoms with Crippen molar-refractivity contribution in [2.45, 2.75) is 51.1 Å². The fourth-order valence-corrected chi connectivity index (χ4v) is 2.52. The second-order valence-electron chi connectivity index (χ2n) is 5.47. The van der Waals surface area contributed by atoms with Gasteiger partial charge in [0.05, 0.1) is 18.8 Å². The zero-order chi connectivity index (χ0) is 15.1. The van der Waals surface area contributed by atoms with Crippen molar-refractivity contribution in [1.82, 2.24) is 16.0 Å². The van der Waals surface area contributed by atoms with Gasteiger partial charge in [-0.1, -0.05) is 19.3 Å². The third-order valence-corrected chi connectivity index (χ3v) is 3.73. The van der Waals surface area contributed by atoms with Crippen molar-refractivity contribution in [1.29, 1.82) is 0 Å². The molecule has 21 heavy (non-hydrogen) atoms. The van der Waals surface area contributed by atoms with Crippen LogP contribution < -0.4 is 16.0 Å². The fraction of sp³-hybridized carbons (Fsp3) is 0.600. The zero-order valence-corrected chi connectivity index (χ0v) is 12.4. The maximum Gasteiger partial charge on any atom is 0.321 e. The number of amides is 3. The van der Waals surface area contributed by atoms with E-state index < -0.39 is 6.03 Å². The van der Waals surface area contributed by atoms with E-state index in [-0.39, 0.29) is 24.5 Å². The summed E-state index contributed by atoms with van der Waals surface area (Å²) in [5, 5.41) is 8.20. The molecule has 0 unspecified atom stereocenters. The molecule has 2 rings (SSSR count). The summed E-state index contributed by atoms with van der Waals surface area (Å²) < 4.78 is 5.24. The van der Waals surface area contributed by atoms with Crippen LogP contribution in [-0.2, 0) is 4.79 Å². The summed E-state index contributed by atoms with van der Waals surface area (Å²) in [6.45, 7) is 1.97. The topological polar surface area (TPSA) is 83.4 Å². The van der Waals surface area contributed by atoms with Gasteiger partial charge in [-0.05, 0) is 31.9 Å². The van der Waals surface area contributed by atoms with Crippen LogP contribution in [0.5, 0.6) is 0 Å². The van der Waals surface area contributed by atoms with E-state index in [1.165, 1.54) is 6.42 Å². The summed E-state index contributed by atoms with van der Waals surface area (Å²) in [6, 6.07) is 3.35. The summed E-state index contributed by atoms with van der Waals surface area (Å²) in [5.41, 5.74) is 0. The normalized spacial score (nSPS) is 17.2. The Morgan fingerprint density at radius 3 is 2.76 bits per heavy atom. The number of furan rings is 1. The maximum absolute atomic E-state index is 11.7. The Balaban J connectivity index is 1.65. The first-order chi connectivity index (χ1) is 10.1. The minimum absolute atomic E-state index is 0.0694. The predicted molar refractivity (Wildman–Crippen MR) is 78.7 cm³/mol. The summed E-state index contributed by atoms with van der Waals surface area (Å²) in [4.78, 5) is 23.4. The highest BCUT2D eigenvalue weighted by molar-refractivity contribution is 5.95. The van der Waals surface area contributed by atoms with E-state index in [2.05, 4.69) is 16.0 Å². The van der Waals surface area contributed by atoms with Crippen molar-refractivity contribution >= 4 is 11.9 Å². The molecule has 0 saturated heterocycles. The average Bonchev–Trinajstić information content (AvgIpc) is 3.00. The SMILES string of the molecule is C[C@H](NCC(=O)NC(=O)NC1CCCCC1)c1ccco1. The molecule has 0 radical (unpaired) electrons. The molecule has 1 aromatic rings. The van der Waals surface area contributed by atoms with Gasteiger partial charge in [0.1, 0.15) is 5.76 Å². The fourth-order valence-electron chi connectivity index (χ4n) is 2.52. The number of nitrogens with one attached hydrogen (secondary N) is 3. The van der Waals surface area contributed by atoms with Gasteiger partial charge in [-0.2, -0.15) is 0 Å². The number of carbonyl (C=O) groups is 2. The van der Waals surface area contributed by atoms with Gasteiger partial charge in [0.2, 0.25) is 5.91 Å². The van der Waals surface area contributed by atoms with Crippen LogP contribution in [0.2, 0.25) is 0 Å². The Kier molecular flexibility index (Phi) is 5.80. The van der Waals surface area contributed by atoms with Gasteiger partial charge in [0, 0.05) is 6.04 Å². The van der Waals surface area contributed by atoms with E-state index in [4.69, 9.17) is 4.42 Å². The minimum Gasteiger partial charge on any atom is -0.468 e. The van der Waals surface area contributed by atoms with E-state index >= 15 is 0 Å². The Morgan fingerprint density at radius 2 is 2.10 bits per heavy atom. The molecule has 1 heterocycles. The lowest BCUT2D eigenvalue weighted by Gasteiger charge is -2.22. The van der Waals surface area contributed by atoms with Gasteiger partial charge >= 0.3 is 6.03 Å². The third-order valence-electron chi connectivity index (χ3n) is 3.73. The number of hydrogen-bond donors (Lipinski definition) is 3. The first kappa shape index (κ1) is 15.6. The Morgan fingerprint density at radius 1 is 1.33 bits per heavy atom. The maximum atomic E-state index is 11.7. The quantitative estimate of drug-likeness (QED) is 0.776. The molecule has 6 nitrogen and oxygen atoms in total. The third kappa shape index (κ3) is 5.23. The molecule has 1 aliphatic rings. The van der Waals surface area contributed by atoms with Crippen molar-refractivity contribution in [3.05, 3.63) is 24.2 Å². The first-order valence-electron chi connectivity index (χ1n) is 7.52. The van der Waals surface area contributed by atoms with Crippen LogP contribution in [0, 0.1) is 0 Å². The molecule has 1 aromatic heterocycles. The van der Waals surface area contributed by atoms with Crippen LogP contribution in [0.15, 0.2) is 22.8 Å². The van der Waals surface area contributed by atoms with Crippen molar-refractivity contribution in [3.63, 3.8) is 0 Å². The smallest absolute Gasteiger partial charge is 0.321 e. The van der Waals surface area contributed by atoms with Gasteiger partial charge in [0.25, 0.3) is 0 Å². The number of imide groups is 1. The average molecular weight is 293 g/mol. The largest absolute Gasteiger partial charge is 0.468 e. The number of urea groups is 1. The molecule has 0 bridgehead atoms. The number of carbonyl (C=O) groups excluding carboxylic acids is 2. The van der Waals surface area contributed by atoms with Gasteiger partial charge in [-0.3, -0.25) is 15.4 Å². The number of rotatable bonds is 5. The van der Waals surface area contributed by atoms with Gasteiger partial charge in [0.15, 0.2) is 0 Å². The van der Waals surface area contributed by atoms with Crippen molar-refractivity contribution < 1.29 is 14.0 Å². The van der Waals surface area contributed by atoms with Crippen LogP contribution in [0.1, 0.15) is 50.8 Å². The molecule has 0 aromatic carbocycles. The van der Waals surface area contributed by atoms with E-state index in [0.717, 1.165) is 31.4 Å². The highest BCUT2D eigenvalue weighted by atomic mass is 16.3. The van der Waals surface area contributed by atoms with E-state index in [9.17, 15) is 9.59 Å². The van der Waals surface area contributed by atoms with Crippen LogP contribution in [0.3, 0.4) is 0 Å². The van der Waals surface area contributed by atoms with Gasteiger partial charge in [-0.15, -0.1) is 0 Å². The molecule has 3 N–H and O–H groups in total. The van der Waals surface area contributed by atoms with Crippen LogP contribution in [0.4, 0.5) is 4.79 Å². The van der Waals surface area contributed by atoms with Crippen LogP contribution >= 0.6 is 0 Å². The molecular weight excluding hydrogens is 270 g/mol. The Labute approximate surface area is 124 Å². The van der Waals surface area contributed by atoms with Crippen molar-refractivity contribution in [3.8, 4) is 0 Å². The lowest BCUT2D eigenvalue weighted by molar-refractivity contribution is -0.119. The van der Waals surface area contributed by atoms with Crippen LogP contribution in [-0.4, -0.2) is 24.5 Å². The summed E-state index contributed by atoms with van der Waals surface area (Å²) in [6.07, 6.45) is 7.09. The highest BCUT2D eigenvalue weighted by Gasteiger charge is 2.17. The molecule has 1 saturated carbocycles. The molecule has 0 spiro atoms. The Bertz CT molecular complexity index is 453. The molecule has 3 amide bonds. The second kappa shape index (κ2) is 7.83. The summed E-state index contributed by atoms with van der Waals surface area (Å²) in [7, 11) is 0. The summed E-state index contributed by atoms with van der Waals surface area (Å²) in [5.74, 6) is 0.413. The number of hydrogen-bond acceptors (Lipinski definition) is 4. The van der Waals surface area contributed by atoms with E-state index in [1.807, 2.05) is 13.0 Å². The molecule has 0 aliphatic heterocycles. The zero-order valence-electron chi connectivity index (χ0n) is 12.4. The molecule has 1 fully saturated rings. The lowest BCUT2D eigenvalue weighted by Crippen LogP contribution is -2.47. The first-order valence-corrected chi connectivity index (χ1v) is 7.52. The van der Waals surface area contributed by atoms with Crippen molar-refractivity contribution in [2.75, 3.05) is 6.54 Å². The lowest BCUT2D eigenvalue weighted by atomic mass is 9.96. The van der Waals surface area contributed by atoms with E-state index in [1.54, 1.807) is 12.3 Å². The predicted octanol–water partition coefficient (Wildman–Crippen LogP) is 2.09. The van der Waals surface area contributed by atoms with Crippen molar-refractivity contribution in [2.24, 2.45) is 0 Å². The van der Waals surface area contributed by atoms with Gasteiger partial charge in [-0.25, -0.2) is 4.79 Å².